The number of fused-ring (bicyclic) bond motifs is 3. The molecule has 0 bridgehead atoms. The summed E-state index contributed by atoms with van der Waals surface area (Å²) in [5.74, 6) is 1.54. The van der Waals surface area contributed by atoms with E-state index in [2.05, 4.69) is 67.7 Å². The van der Waals surface area contributed by atoms with Gasteiger partial charge >= 0.3 is 5.97 Å². The molecule has 1 aliphatic heterocycles. The molecule has 0 aromatic heterocycles. The Bertz CT molecular complexity index is 1920. The van der Waals surface area contributed by atoms with Crippen molar-refractivity contribution in [1.82, 2.24) is 0 Å². The number of aliphatic carboxylic acids is 1. The molecule has 2 N–H and O–H groups in total. The van der Waals surface area contributed by atoms with Crippen LogP contribution >= 0.6 is 11.9 Å². The summed E-state index contributed by atoms with van der Waals surface area (Å²) in [6.45, 7) is 12.6. The van der Waals surface area contributed by atoms with Crippen molar-refractivity contribution in [2.45, 2.75) is 66.7 Å². The first-order valence-electron chi connectivity index (χ1n) is 16.4. The molecule has 0 saturated heterocycles. The van der Waals surface area contributed by atoms with Crippen LogP contribution in [-0.4, -0.2) is 28.0 Å². The third kappa shape index (κ3) is 8.85. The van der Waals surface area contributed by atoms with E-state index >= 15 is 0 Å². The lowest BCUT2D eigenvalue weighted by Gasteiger charge is -2.36. The predicted octanol–water partition coefficient (Wildman–Crippen LogP) is 10.3. The van der Waals surface area contributed by atoms with Crippen molar-refractivity contribution in [3.63, 3.8) is 0 Å². The minimum atomic E-state index is -0.827. The van der Waals surface area contributed by atoms with E-state index in [-0.39, 0.29) is 6.42 Å². The van der Waals surface area contributed by atoms with Crippen LogP contribution in [0.2, 0.25) is 0 Å². The van der Waals surface area contributed by atoms with Gasteiger partial charge < -0.3 is 24.0 Å². The van der Waals surface area contributed by atoms with E-state index in [1.54, 1.807) is 32.7 Å². The monoisotopic (exact) mass is 675 g/mol. The van der Waals surface area contributed by atoms with Crippen molar-refractivity contribution in [3.8, 4) is 39.5 Å². The van der Waals surface area contributed by atoms with E-state index < -0.39 is 11.6 Å². The number of hydrogen-bond acceptors (Lipinski definition) is 6. The summed E-state index contributed by atoms with van der Waals surface area (Å²) in [5.41, 5.74) is 11.3. The van der Waals surface area contributed by atoms with E-state index in [1.807, 2.05) is 60.7 Å². The number of carboxylic acid groups (broad SMARTS) is 1. The van der Waals surface area contributed by atoms with E-state index in [0.717, 1.165) is 67.4 Å². The second-order valence-electron chi connectivity index (χ2n) is 13.3. The fraction of sp³-hybridized carbons (Fsp3) is 0.262. The van der Waals surface area contributed by atoms with Crippen molar-refractivity contribution in [2.24, 2.45) is 0 Å². The maximum absolute atomic E-state index is 12.1. The molecular formula is C42H45NO5S. The van der Waals surface area contributed by atoms with Gasteiger partial charge in [-0.3, -0.25) is 4.79 Å². The fourth-order valence-corrected chi connectivity index (χ4v) is 6.76. The molecule has 0 atom stereocenters. The smallest absolute Gasteiger partial charge is 0.307 e. The lowest BCUT2D eigenvalue weighted by molar-refractivity contribution is -0.136. The molecule has 0 radical (unpaired) electrons. The molecule has 49 heavy (non-hydrogen) atoms. The molecule has 0 fully saturated rings. The molecule has 0 saturated carbocycles. The Morgan fingerprint density at radius 1 is 0.816 bits per heavy atom. The van der Waals surface area contributed by atoms with Gasteiger partial charge in [-0.2, -0.15) is 0 Å². The van der Waals surface area contributed by atoms with Gasteiger partial charge in [0.2, 0.25) is 0 Å². The van der Waals surface area contributed by atoms with Crippen molar-refractivity contribution < 1.29 is 24.5 Å². The van der Waals surface area contributed by atoms with E-state index in [1.165, 1.54) is 11.1 Å². The first-order chi connectivity index (χ1) is 23.3. The summed E-state index contributed by atoms with van der Waals surface area (Å²) in [4.78, 5) is 12.1. The van der Waals surface area contributed by atoms with Crippen molar-refractivity contribution in [1.29, 1.82) is 0 Å². The molecule has 7 heteroatoms. The summed E-state index contributed by atoms with van der Waals surface area (Å²) in [6, 6.07) is 32.4. The summed E-state index contributed by atoms with van der Waals surface area (Å²) in [5, 5.41) is 18.4. The van der Waals surface area contributed by atoms with Crippen molar-refractivity contribution in [3.05, 3.63) is 130 Å². The van der Waals surface area contributed by atoms with E-state index in [0.29, 0.717) is 13.2 Å². The maximum atomic E-state index is 12.1. The Labute approximate surface area is 294 Å². The highest BCUT2D eigenvalue weighted by Gasteiger charge is 2.30. The molecule has 5 aromatic carbocycles. The number of ether oxygens (including phenoxy) is 2. The highest BCUT2D eigenvalue weighted by Crippen LogP contribution is 2.50. The van der Waals surface area contributed by atoms with Crippen LogP contribution in [0, 0.1) is 20.8 Å². The van der Waals surface area contributed by atoms with Crippen LogP contribution in [0.4, 0.5) is 5.69 Å². The van der Waals surface area contributed by atoms with Gasteiger partial charge in [0.15, 0.2) is 0 Å². The number of aryl methyl sites for hydroxylation is 1. The lowest BCUT2D eigenvalue weighted by Crippen LogP contribution is -2.22. The molecule has 1 aliphatic rings. The Morgan fingerprint density at radius 2 is 1.49 bits per heavy atom. The average Bonchev–Trinajstić information content (AvgIpc) is 3.05. The third-order valence-electron chi connectivity index (χ3n) is 8.18. The zero-order valence-electron chi connectivity index (χ0n) is 29.3. The van der Waals surface area contributed by atoms with Crippen LogP contribution in [0.1, 0.15) is 54.2 Å². The topological polar surface area (TPSA) is 79.2 Å². The van der Waals surface area contributed by atoms with Gasteiger partial charge in [-0.25, -0.2) is 0 Å². The fourth-order valence-electron chi connectivity index (χ4n) is 6.09. The number of carbonyl (C=O) groups is 1. The van der Waals surface area contributed by atoms with Crippen LogP contribution in [0.15, 0.2) is 97.1 Å². The molecule has 6 nitrogen and oxygen atoms in total. The number of carboxylic acids is 1. The van der Waals surface area contributed by atoms with Crippen LogP contribution in [-0.2, 0) is 24.4 Å². The SMILES string of the molecule is CC(C)(C)O.CSN1Cc2cc(OCc3cccc(Oc4ccccc4)c3)ccc2-c2c(C)c(-c3ccc(C)cc3)c(CC(=O)O)c(C)c21. The van der Waals surface area contributed by atoms with Gasteiger partial charge in [0, 0.05) is 11.8 Å². The lowest BCUT2D eigenvalue weighted by atomic mass is 9.81. The standard InChI is InChI=1S/C38H35NO4S.C4H10O/c1-24-13-15-28(16-14-24)36-26(3)37-33-18-17-31(20-29(33)22-39(44-4)38(37)25(2)34(36)21-35(40)41)42-23-27-9-8-12-32(19-27)43-30-10-6-5-7-11-30;1-4(2,3)5/h5-20H,21-23H2,1-4H3,(H,40,41);5H,1-3H3. The number of anilines is 1. The van der Waals surface area contributed by atoms with Gasteiger partial charge in [0.25, 0.3) is 0 Å². The Kier molecular flexibility index (Phi) is 11.1. The first-order valence-corrected chi connectivity index (χ1v) is 17.6. The number of hydrogen-bond donors (Lipinski definition) is 2. The van der Waals surface area contributed by atoms with Gasteiger partial charge in [0.05, 0.1) is 24.3 Å². The normalized spacial score (nSPS) is 12.0. The molecule has 6 rings (SSSR count). The Morgan fingerprint density at radius 3 is 2.14 bits per heavy atom. The number of para-hydroxylation sites is 1. The zero-order valence-corrected chi connectivity index (χ0v) is 30.2. The molecule has 1 heterocycles. The quantitative estimate of drug-likeness (QED) is 0.151. The number of nitrogens with zero attached hydrogens (tertiary/aromatic N) is 1. The molecule has 5 aromatic rings. The predicted molar refractivity (Wildman–Crippen MR) is 202 cm³/mol. The zero-order chi connectivity index (χ0) is 35.3. The van der Waals surface area contributed by atoms with Gasteiger partial charge in [0.1, 0.15) is 23.9 Å². The maximum Gasteiger partial charge on any atom is 0.307 e. The highest BCUT2D eigenvalue weighted by molar-refractivity contribution is 7.99. The van der Waals surface area contributed by atoms with Crippen LogP contribution < -0.4 is 13.8 Å². The highest BCUT2D eigenvalue weighted by atomic mass is 32.2. The summed E-state index contributed by atoms with van der Waals surface area (Å²) < 4.78 is 14.6. The Hall–Kier alpha value is -4.72. The summed E-state index contributed by atoms with van der Waals surface area (Å²) in [7, 11) is 0. The Balaban J connectivity index is 0.000000874. The van der Waals surface area contributed by atoms with E-state index in [4.69, 9.17) is 14.6 Å². The molecule has 0 amide bonds. The second kappa shape index (κ2) is 15.2. The third-order valence-corrected chi connectivity index (χ3v) is 8.93. The molecule has 0 aliphatic carbocycles. The minimum absolute atomic E-state index is 0.0252. The van der Waals surface area contributed by atoms with Crippen molar-refractivity contribution >= 4 is 23.6 Å². The molecule has 254 valence electrons. The number of aliphatic hydroxyl groups is 1. The summed E-state index contributed by atoms with van der Waals surface area (Å²) >= 11 is 1.66. The van der Waals surface area contributed by atoms with Gasteiger partial charge in [-0.05, 0) is 122 Å². The molecule has 0 spiro atoms. The number of benzene rings is 5. The molecule has 0 unspecified atom stereocenters. The largest absolute Gasteiger partial charge is 0.489 e. The van der Waals surface area contributed by atoms with Crippen LogP contribution in [0.5, 0.6) is 17.2 Å². The first kappa shape index (κ1) is 35.6. The van der Waals surface area contributed by atoms with Gasteiger partial charge in [-0.15, -0.1) is 0 Å². The van der Waals surface area contributed by atoms with Crippen LogP contribution in [0.3, 0.4) is 0 Å². The average molecular weight is 676 g/mol. The second-order valence-corrected chi connectivity index (χ2v) is 14.1. The van der Waals surface area contributed by atoms with Crippen molar-refractivity contribution in [2.75, 3.05) is 10.6 Å². The number of rotatable bonds is 9. The van der Waals surface area contributed by atoms with Crippen LogP contribution in [0.25, 0.3) is 22.3 Å². The van der Waals surface area contributed by atoms with Gasteiger partial charge in [-0.1, -0.05) is 78.2 Å². The summed E-state index contributed by atoms with van der Waals surface area (Å²) in [6.07, 6.45) is 2.04. The minimum Gasteiger partial charge on any atom is -0.489 e. The molecular weight excluding hydrogens is 631 g/mol. The van der Waals surface area contributed by atoms with E-state index in [9.17, 15) is 9.90 Å².